The summed E-state index contributed by atoms with van der Waals surface area (Å²) in [6.07, 6.45) is 0. The van der Waals surface area contributed by atoms with Crippen LogP contribution in [0.3, 0.4) is 0 Å². The molecule has 1 atom stereocenters. The highest BCUT2D eigenvalue weighted by molar-refractivity contribution is 7.99. The maximum absolute atomic E-state index is 11.3. The van der Waals surface area contributed by atoms with Gasteiger partial charge >= 0.3 is 0 Å². The first-order chi connectivity index (χ1) is 13.3. The van der Waals surface area contributed by atoms with Gasteiger partial charge in [0.1, 0.15) is 5.75 Å². The zero-order valence-electron chi connectivity index (χ0n) is 16.9. The Balaban J connectivity index is 1.80. The van der Waals surface area contributed by atoms with Crippen molar-refractivity contribution in [1.82, 2.24) is 10.3 Å². The zero-order valence-corrected chi connectivity index (χ0v) is 17.8. The highest BCUT2D eigenvalue weighted by atomic mass is 32.2. The van der Waals surface area contributed by atoms with Crippen molar-refractivity contribution in [2.24, 2.45) is 0 Å². The Morgan fingerprint density at radius 2 is 1.86 bits per heavy atom. The van der Waals surface area contributed by atoms with E-state index in [2.05, 4.69) is 49.3 Å². The second-order valence-corrected chi connectivity index (χ2v) is 8.87. The Hall–Kier alpha value is -2.53. The molecule has 1 amide bonds. The van der Waals surface area contributed by atoms with Crippen molar-refractivity contribution < 1.29 is 9.53 Å². The van der Waals surface area contributed by atoms with Gasteiger partial charge in [0.15, 0.2) is 0 Å². The van der Waals surface area contributed by atoms with Crippen molar-refractivity contribution in [1.29, 1.82) is 0 Å². The molecule has 0 radical (unpaired) electrons. The fourth-order valence-electron chi connectivity index (χ4n) is 3.03. The first kappa shape index (κ1) is 20.2. The van der Waals surface area contributed by atoms with Gasteiger partial charge in [-0.1, -0.05) is 19.9 Å². The quantitative estimate of drug-likeness (QED) is 0.518. The number of aromatic nitrogens is 1. The lowest BCUT2D eigenvalue weighted by atomic mass is 10.1. The third-order valence-electron chi connectivity index (χ3n) is 4.34. The predicted molar refractivity (Wildman–Crippen MR) is 116 cm³/mol. The van der Waals surface area contributed by atoms with Gasteiger partial charge in [0.05, 0.1) is 11.6 Å². The normalized spacial score (nSPS) is 12.2. The summed E-state index contributed by atoms with van der Waals surface area (Å²) in [5.41, 5.74) is 3.00. The molecular weight excluding hydrogens is 368 g/mol. The molecule has 0 spiro atoms. The molecule has 146 valence electrons. The van der Waals surface area contributed by atoms with Crippen molar-refractivity contribution in [2.75, 3.05) is 0 Å². The summed E-state index contributed by atoms with van der Waals surface area (Å²) in [6, 6.07) is 16.1. The Morgan fingerprint density at radius 1 is 1.07 bits per heavy atom. The second kappa shape index (κ2) is 8.65. The summed E-state index contributed by atoms with van der Waals surface area (Å²) in [6.45, 7) is 9.92. The Kier molecular flexibility index (Phi) is 6.25. The van der Waals surface area contributed by atoms with Crippen LogP contribution in [0.5, 0.6) is 11.6 Å². The minimum atomic E-state index is -0.0392. The molecule has 0 bridgehead atoms. The van der Waals surface area contributed by atoms with Crippen LogP contribution in [0.25, 0.3) is 10.9 Å². The molecule has 4 nitrogen and oxygen atoms in total. The lowest BCUT2D eigenvalue weighted by Crippen LogP contribution is -2.23. The number of rotatable bonds is 6. The molecule has 0 saturated carbocycles. The van der Waals surface area contributed by atoms with Crippen LogP contribution >= 0.6 is 11.8 Å². The number of pyridine rings is 1. The molecule has 0 aliphatic heterocycles. The largest absolute Gasteiger partial charge is 0.439 e. The summed E-state index contributed by atoms with van der Waals surface area (Å²) < 4.78 is 6.03. The second-order valence-electron chi connectivity index (χ2n) is 7.22. The number of aryl methyl sites for hydroxylation is 1. The van der Waals surface area contributed by atoms with E-state index in [0.717, 1.165) is 27.8 Å². The fourth-order valence-corrected chi connectivity index (χ4v) is 3.97. The summed E-state index contributed by atoms with van der Waals surface area (Å²) in [5.74, 6) is 1.35. The molecular formula is C23H26N2O2S. The van der Waals surface area contributed by atoms with E-state index in [0.29, 0.717) is 11.1 Å². The SMILES string of the molecule is CC(=O)NC(C)c1ccc2nc(Oc3ccc(SC(C)C)cc3C)ccc2c1. The van der Waals surface area contributed by atoms with Crippen LogP contribution in [-0.4, -0.2) is 16.1 Å². The Labute approximate surface area is 170 Å². The molecule has 3 rings (SSSR count). The fraction of sp³-hybridized carbons (Fsp3) is 0.304. The number of nitrogens with zero attached hydrogens (tertiary/aromatic N) is 1. The van der Waals surface area contributed by atoms with E-state index in [1.807, 2.05) is 49.0 Å². The average Bonchev–Trinajstić information content (AvgIpc) is 2.62. The van der Waals surface area contributed by atoms with Crippen molar-refractivity contribution in [3.63, 3.8) is 0 Å². The van der Waals surface area contributed by atoms with E-state index in [-0.39, 0.29) is 11.9 Å². The minimum absolute atomic E-state index is 0.0392. The number of carbonyl (C=O) groups is 1. The average molecular weight is 395 g/mol. The predicted octanol–water partition coefficient (Wildman–Crippen LogP) is 6.03. The van der Waals surface area contributed by atoms with Crippen LogP contribution in [0.15, 0.2) is 53.4 Å². The number of benzene rings is 2. The molecule has 3 aromatic rings. The Morgan fingerprint density at radius 3 is 2.54 bits per heavy atom. The topological polar surface area (TPSA) is 51.2 Å². The van der Waals surface area contributed by atoms with E-state index < -0.39 is 0 Å². The molecule has 2 aromatic carbocycles. The first-order valence-corrected chi connectivity index (χ1v) is 10.3. The molecule has 28 heavy (non-hydrogen) atoms. The molecule has 0 fully saturated rings. The van der Waals surface area contributed by atoms with Crippen LogP contribution in [0.2, 0.25) is 0 Å². The third-order valence-corrected chi connectivity index (χ3v) is 5.34. The standard InChI is InChI=1S/C23H26N2O2S/c1-14(2)28-20-8-10-22(15(3)12-20)27-23-11-7-19-13-18(6-9-21(19)25-23)16(4)24-17(5)26/h6-14,16H,1-5H3,(H,24,26). The molecule has 1 unspecified atom stereocenters. The lowest BCUT2D eigenvalue weighted by Gasteiger charge is -2.14. The van der Waals surface area contributed by atoms with Gasteiger partial charge in [-0.25, -0.2) is 4.98 Å². The number of hydrogen-bond acceptors (Lipinski definition) is 4. The van der Waals surface area contributed by atoms with Gasteiger partial charge in [-0.2, -0.15) is 0 Å². The van der Waals surface area contributed by atoms with Crippen molar-refractivity contribution in [3.8, 4) is 11.6 Å². The van der Waals surface area contributed by atoms with Crippen LogP contribution < -0.4 is 10.1 Å². The van der Waals surface area contributed by atoms with Crippen molar-refractivity contribution in [3.05, 3.63) is 59.7 Å². The summed E-state index contributed by atoms with van der Waals surface area (Å²) in [4.78, 5) is 17.1. The number of carbonyl (C=O) groups excluding carboxylic acids is 1. The lowest BCUT2D eigenvalue weighted by molar-refractivity contribution is -0.119. The van der Waals surface area contributed by atoms with Crippen molar-refractivity contribution in [2.45, 2.75) is 50.8 Å². The first-order valence-electron chi connectivity index (χ1n) is 9.45. The summed E-state index contributed by atoms with van der Waals surface area (Å²) in [7, 11) is 0. The summed E-state index contributed by atoms with van der Waals surface area (Å²) in [5, 5.41) is 4.47. The van der Waals surface area contributed by atoms with E-state index in [9.17, 15) is 4.79 Å². The van der Waals surface area contributed by atoms with E-state index in [4.69, 9.17) is 4.74 Å². The minimum Gasteiger partial charge on any atom is -0.439 e. The molecule has 1 N–H and O–H groups in total. The van der Waals surface area contributed by atoms with Crippen LogP contribution in [-0.2, 0) is 4.79 Å². The van der Waals surface area contributed by atoms with Crippen molar-refractivity contribution >= 4 is 28.6 Å². The smallest absolute Gasteiger partial charge is 0.219 e. The monoisotopic (exact) mass is 394 g/mol. The maximum Gasteiger partial charge on any atom is 0.219 e. The van der Waals surface area contributed by atoms with Gasteiger partial charge in [-0.3, -0.25) is 4.79 Å². The number of hydrogen-bond donors (Lipinski definition) is 1. The van der Waals surface area contributed by atoms with Gasteiger partial charge in [0.25, 0.3) is 0 Å². The van der Waals surface area contributed by atoms with E-state index >= 15 is 0 Å². The van der Waals surface area contributed by atoms with Gasteiger partial charge in [-0.05, 0) is 61.4 Å². The molecule has 5 heteroatoms. The molecule has 1 aromatic heterocycles. The molecule has 0 saturated heterocycles. The van der Waals surface area contributed by atoms with Gasteiger partial charge in [0.2, 0.25) is 11.8 Å². The number of nitrogens with one attached hydrogen (secondary N) is 1. The number of fused-ring (bicyclic) bond motifs is 1. The van der Waals surface area contributed by atoms with E-state index in [1.54, 1.807) is 0 Å². The van der Waals surface area contributed by atoms with E-state index in [1.165, 1.54) is 11.8 Å². The van der Waals surface area contributed by atoms with Crippen LogP contribution in [0.1, 0.15) is 44.9 Å². The summed E-state index contributed by atoms with van der Waals surface area (Å²) >= 11 is 1.84. The maximum atomic E-state index is 11.3. The van der Waals surface area contributed by atoms with Gasteiger partial charge in [0, 0.05) is 28.5 Å². The number of amides is 1. The Bertz CT molecular complexity index is 1000. The van der Waals surface area contributed by atoms with Crippen LogP contribution in [0.4, 0.5) is 0 Å². The number of thioether (sulfide) groups is 1. The molecule has 0 aliphatic carbocycles. The zero-order chi connectivity index (χ0) is 20.3. The highest BCUT2D eigenvalue weighted by Crippen LogP contribution is 2.31. The van der Waals surface area contributed by atoms with Gasteiger partial charge in [-0.15, -0.1) is 11.8 Å². The molecule has 1 heterocycles. The highest BCUT2D eigenvalue weighted by Gasteiger charge is 2.10. The third kappa shape index (κ3) is 5.04. The number of ether oxygens (including phenoxy) is 1. The van der Waals surface area contributed by atoms with Gasteiger partial charge < -0.3 is 10.1 Å². The van der Waals surface area contributed by atoms with Crippen LogP contribution in [0, 0.1) is 6.92 Å². The molecule has 0 aliphatic rings.